The van der Waals surface area contributed by atoms with Crippen LogP contribution in [0.25, 0.3) is 16.7 Å². The Hall–Kier alpha value is -3.33. The van der Waals surface area contributed by atoms with E-state index in [0.29, 0.717) is 28.5 Å². The summed E-state index contributed by atoms with van der Waals surface area (Å²) in [5.41, 5.74) is 4.66. The molecule has 0 atom stereocenters. The number of nitrogens with zero attached hydrogens (tertiary/aromatic N) is 3. The molecule has 30 heavy (non-hydrogen) atoms. The molecule has 0 fully saturated rings. The van der Waals surface area contributed by atoms with E-state index < -0.39 is 0 Å². The zero-order chi connectivity index (χ0) is 21.3. The van der Waals surface area contributed by atoms with Crippen molar-refractivity contribution < 1.29 is 9.21 Å². The van der Waals surface area contributed by atoms with Gasteiger partial charge >= 0.3 is 0 Å². The summed E-state index contributed by atoms with van der Waals surface area (Å²) in [5, 5.41) is 19.9. The number of rotatable bonds is 6. The van der Waals surface area contributed by atoms with Crippen LogP contribution in [0.5, 0.6) is 0 Å². The maximum Gasteiger partial charge on any atom is 0.230 e. The minimum Gasteiger partial charge on any atom is -0.467 e. The third-order valence-corrected chi connectivity index (χ3v) is 5.84. The fourth-order valence-electron chi connectivity index (χ4n) is 3.11. The maximum atomic E-state index is 12.3. The highest BCUT2D eigenvalue weighted by molar-refractivity contribution is 7.99. The molecule has 154 valence electrons. The van der Waals surface area contributed by atoms with E-state index in [9.17, 15) is 4.79 Å². The molecule has 1 aromatic carbocycles. The number of fused-ring (bicyclic) bond motifs is 1. The SMILES string of the molecule is Cc1ccc(-n2c(SCC(=O)NCc3ccco3)nc3n[nH]c(C)c3c2=N)cc1C. The van der Waals surface area contributed by atoms with Gasteiger partial charge in [-0.15, -0.1) is 0 Å². The van der Waals surface area contributed by atoms with E-state index >= 15 is 0 Å². The summed E-state index contributed by atoms with van der Waals surface area (Å²) in [6, 6.07) is 9.60. The fraction of sp³-hybridized carbons (Fsp3) is 0.238. The van der Waals surface area contributed by atoms with Crippen LogP contribution in [0.3, 0.4) is 0 Å². The molecular formula is C21H22N6O2S. The normalized spacial score (nSPS) is 11.2. The van der Waals surface area contributed by atoms with Crippen molar-refractivity contribution in [1.29, 1.82) is 5.41 Å². The van der Waals surface area contributed by atoms with Gasteiger partial charge in [0.05, 0.1) is 23.9 Å². The van der Waals surface area contributed by atoms with Gasteiger partial charge in [-0.3, -0.25) is 19.9 Å². The number of aromatic amines is 1. The van der Waals surface area contributed by atoms with Gasteiger partial charge in [-0.25, -0.2) is 4.98 Å². The minimum absolute atomic E-state index is 0.144. The van der Waals surface area contributed by atoms with Crippen molar-refractivity contribution >= 4 is 28.7 Å². The highest BCUT2D eigenvalue weighted by atomic mass is 32.2. The molecule has 4 aromatic rings. The summed E-state index contributed by atoms with van der Waals surface area (Å²) in [5.74, 6) is 0.709. The van der Waals surface area contributed by atoms with E-state index in [1.807, 2.05) is 45.0 Å². The van der Waals surface area contributed by atoms with Crippen molar-refractivity contribution in [3.63, 3.8) is 0 Å². The molecule has 3 heterocycles. The molecule has 0 saturated carbocycles. The van der Waals surface area contributed by atoms with Gasteiger partial charge in [0, 0.05) is 11.4 Å². The van der Waals surface area contributed by atoms with E-state index in [0.717, 1.165) is 16.9 Å². The van der Waals surface area contributed by atoms with Crippen LogP contribution in [0.4, 0.5) is 0 Å². The van der Waals surface area contributed by atoms with Crippen LogP contribution >= 0.6 is 11.8 Å². The van der Waals surface area contributed by atoms with Gasteiger partial charge in [-0.2, -0.15) is 5.10 Å². The van der Waals surface area contributed by atoms with Crippen LogP contribution in [0, 0.1) is 26.2 Å². The van der Waals surface area contributed by atoms with E-state index in [1.54, 1.807) is 16.9 Å². The average molecular weight is 423 g/mol. The van der Waals surface area contributed by atoms with Gasteiger partial charge in [0.15, 0.2) is 10.8 Å². The van der Waals surface area contributed by atoms with Crippen LogP contribution in [0.15, 0.2) is 46.2 Å². The number of thioether (sulfide) groups is 1. The third kappa shape index (κ3) is 3.88. The van der Waals surface area contributed by atoms with Crippen LogP contribution in [-0.4, -0.2) is 31.4 Å². The number of benzene rings is 1. The zero-order valence-electron chi connectivity index (χ0n) is 16.9. The van der Waals surface area contributed by atoms with Crippen molar-refractivity contribution in [1.82, 2.24) is 25.1 Å². The molecule has 0 saturated heterocycles. The first-order valence-electron chi connectivity index (χ1n) is 9.46. The van der Waals surface area contributed by atoms with Crippen molar-refractivity contribution in [2.45, 2.75) is 32.5 Å². The lowest BCUT2D eigenvalue weighted by Gasteiger charge is -2.14. The standard InChI is InChI=1S/C21H22N6O2S/c1-12-6-7-15(9-13(12)2)27-19(22)18-14(3)25-26-20(18)24-21(27)30-11-17(28)23-10-16-5-4-8-29-16/h4-9,22H,10-11H2,1-3H3,(H,23,28)(H,25,26). The Kier molecular flexibility index (Phi) is 5.45. The molecule has 0 aliphatic heterocycles. The zero-order valence-corrected chi connectivity index (χ0v) is 17.8. The smallest absolute Gasteiger partial charge is 0.230 e. The summed E-state index contributed by atoms with van der Waals surface area (Å²) in [4.78, 5) is 17.0. The molecule has 0 unspecified atom stereocenters. The number of carbonyl (C=O) groups excluding carboxylic acids is 1. The van der Waals surface area contributed by atoms with E-state index in [-0.39, 0.29) is 17.1 Å². The van der Waals surface area contributed by atoms with Crippen LogP contribution in [0.1, 0.15) is 22.6 Å². The number of aryl methyl sites for hydroxylation is 3. The van der Waals surface area contributed by atoms with E-state index in [4.69, 9.17) is 9.83 Å². The predicted molar refractivity (Wildman–Crippen MR) is 115 cm³/mol. The molecule has 9 heteroatoms. The number of nitrogens with one attached hydrogen (secondary N) is 3. The molecule has 1 amide bonds. The Morgan fingerprint density at radius 3 is 2.83 bits per heavy atom. The molecule has 3 N–H and O–H groups in total. The lowest BCUT2D eigenvalue weighted by molar-refractivity contribution is -0.118. The van der Waals surface area contributed by atoms with Gasteiger partial charge in [-0.1, -0.05) is 17.8 Å². The second-order valence-corrected chi connectivity index (χ2v) is 7.98. The van der Waals surface area contributed by atoms with Gasteiger partial charge in [0.2, 0.25) is 5.91 Å². The lowest BCUT2D eigenvalue weighted by atomic mass is 10.1. The van der Waals surface area contributed by atoms with Gasteiger partial charge < -0.3 is 9.73 Å². The summed E-state index contributed by atoms with van der Waals surface area (Å²) in [6.45, 7) is 6.28. The molecular weight excluding hydrogens is 400 g/mol. The quantitative estimate of drug-likeness (QED) is 0.326. The second-order valence-electron chi connectivity index (χ2n) is 7.04. The minimum atomic E-state index is -0.144. The molecule has 3 aromatic heterocycles. The Labute approximate surface area is 177 Å². The largest absolute Gasteiger partial charge is 0.467 e. The molecule has 0 bridgehead atoms. The fourth-order valence-corrected chi connectivity index (χ4v) is 3.95. The van der Waals surface area contributed by atoms with Gasteiger partial charge in [0.25, 0.3) is 0 Å². The highest BCUT2D eigenvalue weighted by Crippen LogP contribution is 2.23. The second kappa shape index (κ2) is 8.19. The number of furan rings is 1. The highest BCUT2D eigenvalue weighted by Gasteiger charge is 2.16. The molecule has 8 nitrogen and oxygen atoms in total. The summed E-state index contributed by atoms with van der Waals surface area (Å²) in [6.07, 6.45) is 1.57. The predicted octanol–water partition coefficient (Wildman–Crippen LogP) is 3.15. The van der Waals surface area contributed by atoms with Crippen molar-refractivity contribution in [3.05, 3.63) is 64.7 Å². The first kappa shape index (κ1) is 20.0. The number of hydrogen-bond acceptors (Lipinski definition) is 6. The number of H-pyrrole nitrogens is 1. The van der Waals surface area contributed by atoms with Crippen LogP contribution < -0.4 is 10.8 Å². The first-order valence-corrected chi connectivity index (χ1v) is 10.4. The lowest BCUT2D eigenvalue weighted by Crippen LogP contribution is -2.26. The molecule has 0 aliphatic carbocycles. The van der Waals surface area contributed by atoms with Crippen molar-refractivity contribution in [3.8, 4) is 5.69 Å². The summed E-state index contributed by atoms with van der Waals surface area (Å²) in [7, 11) is 0. The van der Waals surface area contributed by atoms with E-state index in [1.165, 1.54) is 17.3 Å². The van der Waals surface area contributed by atoms with Gasteiger partial charge in [-0.05, 0) is 56.2 Å². The van der Waals surface area contributed by atoms with E-state index in [2.05, 4.69) is 20.5 Å². The number of carbonyl (C=O) groups is 1. The summed E-state index contributed by atoms with van der Waals surface area (Å²) >= 11 is 1.27. The maximum absolute atomic E-state index is 12.3. The monoisotopic (exact) mass is 422 g/mol. The molecule has 0 radical (unpaired) electrons. The van der Waals surface area contributed by atoms with Crippen molar-refractivity contribution in [2.24, 2.45) is 0 Å². The Morgan fingerprint density at radius 1 is 1.27 bits per heavy atom. The molecule has 0 aliphatic rings. The average Bonchev–Trinajstić information content (AvgIpc) is 3.37. The first-order chi connectivity index (χ1) is 14.4. The molecule has 0 spiro atoms. The summed E-state index contributed by atoms with van der Waals surface area (Å²) < 4.78 is 7.00. The van der Waals surface area contributed by atoms with Crippen LogP contribution in [-0.2, 0) is 11.3 Å². The Bertz CT molecular complexity index is 1270. The topological polar surface area (TPSA) is 113 Å². The Balaban J connectivity index is 1.66. The van der Waals surface area contributed by atoms with Crippen molar-refractivity contribution in [2.75, 3.05) is 5.75 Å². The van der Waals surface area contributed by atoms with Crippen LogP contribution in [0.2, 0.25) is 0 Å². The number of aromatic nitrogens is 4. The van der Waals surface area contributed by atoms with Gasteiger partial charge in [0.1, 0.15) is 11.2 Å². The number of hydrogen-bond donors (Lipinski definition) is 3. The third-order valence-electron chi connectivity index (χ3n) is 4.90. The molecule has 4 rings (SSSR count). The number of amides is 1. The Morgan fingerprint density at radius 2 is 2.10 bits per heavy atom.